The Bertz CT molecular complexity index is 755. The van der Waals surface area contributed by atoms with Crippen molar-refractivity contribution in [3.63, 3.8) is 0 Å². The molecular weight excluding hydrogens is 328 g/mol. The maximum absolute atomic E-state index is 12.0. The highest BCUT2D eigenvalue weighted by Crippen LogP contribution is 2.35. The van der Waals surface area contributed by atoms with Crippen molar-refractivity contribution in [3.05, 3.63) is 16.5 Å². The third-order valence-electron chi connectivity index (χ3n) is 2.20. The van der Waals surface area contributed by atoms with E-state index in [1.807, 2.05) is 11.0 Å². The standard InChI is InChI=1S/C10H9ClN2O3S3/c1-5(14)13-19(15,16)7-4-18-10-6(11)3-8(17-2)12-9(7)10/h3-4H,1-2H3,(H,13,14). The number of pyridine rings is 1. The van der Waals surface area contributed by atoms with Gasteiger partial charge in [0.2, 0.25) is 5.91 Å². The molecule has 0 unspecified atom stereocenters. The van der Waals surface area contributed by atoms with Crippen molar-refractivity contribution in [3.8, 4) is 0 Å². The van der Waals surface area contributed by atoms with Gasteiger partial charge in [-0.3, -0.25) is 4.79 Å². The van der Waals surface area contributed by atoms with Gasteiger partial charge in [0.25, 0.3) is 10.0 Å². The molecule has 5 nitrogen and oxygen atoms in total. The lowest BCUT2D eigenvalue weighted by Crippen LogP contribution is -2.28. The van der Waals surface area contributed by atoms with E-state index in [-0.39, 0.29) is 10.4 Å². The van der Waals surface area contributed by atoms with Crippen LogP contribution < -0.4 is 4.72 Å². The van der Waals surface area contributed by atoms with Crippen LogP contribution in [0, 0.1) is 0 Å². The third kappa shape index (κ3) is 2.86. The number of nitrogens with zero attached hydrogens (tertiary/aromatic N) is 1. The van der Waals surface area contributed by atoms with Crippen LogP contribution in [-0.4, -0.2) is 25.6 Å². The van der Waals surface area contributed by atoms with E-state index in [9.17, 15) is 13.2 Å². The number of amides is 1. The normalized spacial score (nSPS) is 11.7. The zero-order valence-corrected chi connectivity index (χ0v) is 13.1. The Morgan fingerprint density at radius 1 is 1.53 bits per heavy atom. The first-order chi connectivity index (χ1) is 8.85. The Balaban J connectivity index is 2.69. The minimum atomic E-state index is -3.90. The Labute approximate surface area is 123 Å². The van der Waals surface area contributed by atoms with Crippen molar-refractivity contribution < 1.29 is 13.2 Å². The van der Waals surface area contributed by atoms with Gasteiger partial charge in [-0.1, -0.05) is 11.6 Å². The molecule has 1 N–H and O–H groups in total. The largest absolute Gasteiger partial charge is 0.274 e. The minimum absolute atomic E-state index is 0.0273. The van der Waals surface area contributed by atoms with Gasteiger partial charge in [-0.15, -0.1) is 23.1 Å². The molecule has 2 aromatic rings. The second kappa shape index (κ2) is 5.28. The van der Waals surface area contributed by atoms with E-state index < -0.39 is 15.9 Å². The fourth-order valence-corrected chi connectivity index (χ4v) is 4.66. The molecule has 0 bridgehead atoms. The summed E-state index contributed by atoms with van der Waals surface area (Å²) in [6.07, 6.45) is 1.82. The van der Waals surface area contributed by atoms with Gasteiger partial charge in [-0.05, 0) is 12.3 Å². The highest BCUT2D eigenvalue weighted by atomic mass is 35.5. The van der Waals surface area contributed by atoms with E-state index in [0.717, 1.165) is 6.92 Å². The number of thioether (sulfide) groups is 1. The van der Waals surface area contributed by atoms with Gasteiger partial charge in [-0.25, -0.2) is 18.1 Å². The van der Waals surface area contributed by atoms with Crippen molar-refractivity contribution >= 4 is 60.8 Å². The topological polar surface area (TPSA) is 76.1 Å². The smallest absolute Gasteiger partial charge is 0.267 e. The van der Waals surface area contributed by atoms with Gasteiger partial charge in [0, 0.05) is 12.3 Å². The minimum Gasteiger partial charge on any atom is -0.274 e. The van der Waals surface area contributed by atoms with Crippen LogP contribution in [0.25, 0.3) is 10.2 Å². The van der Waals surface area contributed by atoms with Crippen molar-refractivity contribution in [1.82, 2.24) is 9.71 Å². The highest BCUT2D eigenvalue weighted by molar-refractivity contribution is 7.98. The van der Waals surface area contributed by atoms with Gasteiger partial charge in [0.1, 0.15) is 10.4 Å². The summed E-state index contributed by atoms with van der Waals surface area (Å²) in [4.78, 5) is 15.2. The number of sulfonamides is 1. The lowest BCUT2D eigenvalue weighted by molar-refractivity contribution is -0.117. The summed E-state index contributed by atoms with van der Waals surface area (Å²) in [6, 6.07) is 1.68. The third-order valence-corrected chi connectivity index (χ3v) is 5.83. The summed E-state index contributed by atoms with van der Waals surface area (Å²) in [5.41, 5.74) is 0.288. The maximum Gasteiger partial charge on any atom is 0.267 e. The van der Waals surface area contributed by atoms with Gasteiger partial charge in [-0.2, -0.15) is 0 Å². The van der Waals surface area contributed by atoms with Gasteiger partial charge < -0.3 is 0 Å². The average molecular weight is 337 g/mol. The fraction of sp³-hybridized carbons (Fsp3) is 0.200. The molecule has 0 spiro atoms. The van der Waals surface area contributed by atoms with Gasteiger partial charge in [0.15, 0.2) is 0 Å². The van der Waals surface area contributed by atoms with Crippen LogP contribution >= 0.6 is 34.7 Å². The molecule has 2 heterocycles. The monoisotopic (exact) mass is 336 g/mol. The van der Waals surface area contributed by atoms with Crippen LogP contribution in [0.5, 0.6) is 0 Å². The molecule has 0 fully saturated rings. The van der Waals surface area contributed by atoms with Gasteiger partial charge in [0.05, 0.1) is 14.7 Å². The number of aromatic nitrogens is 1. The number of halogens is 1. The Kier molecular flexibility index (Phi) is 4.05. The summed E-state index contributed by atoms with van der Waals surface area (Å²) in [5, 5.41) is 2.50. The van der Waals surface area contributed by atoms with E-state index in [0.29, 0.717) is 14.7 Å². The molecule has 2 rings (SSSR count). The van der Waals surface area contributed by atoms with E-state index in [1.54, 1.807) is 6.07 Å². The Hall–Kier alpha value is -0.830. The second-order valence-corrected chi connectivity index (χ2v) is 7.35. The van der Waals surface area contributed by atoms with Crippen molar-refractivity contribution in [1.29, 1.82) is 0 Å². The molecule has 1 amide bonds. The summed E-state index contributed by atoms with van der Waals surface area (Å²) in [5.74, 6) is -0.647. The molecule has 0 saturated heterocycles. The molecule has 0 aliphatic rings. The quantitative estimate of drug-likeness (QED) is 0.871. The summed E-state index contributed by atoms with van der Waals surface area (Å²) < 4.78 is 26.5. The number of hydrogen-bond donors (Lipinski definition) is 1. The van der Waals surface area contributed by atoms with E-state index in [4.69, 9.17) is 11.6 Å². The number of nitrogens with one attached hydrogen (secondary N) is 1. The molecular formula is C10H9ClN2O3S3. The predicted octanol–water partition coefficient (Wildman–Crippen LogP) is 2.50. The molecule has 2 aromatic heterocycles. The van der Waals surface area contributed by atoms with Crippen LogP contribution in [0.2, 0.25) is 5.02 Å². The SMILES string of the molecule is CSc1cc(Cl)c2scc(S(=O)(=O)NC(C)=O)c2n1. The zero-order valence-electron chi connectivity index (χ0n) is 9.93. The lowest BCUT2D eigenvalue weighted by Gasteiger charge is -2.04. The first-order valence-corrected chi connectivity index (χ1v) is 8.97. The summed E-state index contributed by atoms with van der Waals surface area (Å²) in [6.45, 7) is 1.14. The van der Waals surface area contributed by atoms with Crippen molar-refractivity contribution in [2.24, 2.45) is 0 Å². The zero-order chi connectivity index (χ0) is 14.2. The first-order valence-electron chi connectivity index (χ1n) is 5.00. The van der Waals surface area contributed by atoms with Crippen LogP contribution in [0.1, 0.15) is 6.92 Å². The molecule has 19 heavy (non-hydrogen) atoms. The first kappa shape index (κ1) is 14.6. The molecule has 0 aromatic carbocycles. The average Bonchev–Trinajstić information content (AvgIpc) is 2.71. The van der Waals surface area contributed by atoms with E-state index in [1.165, 1.54) is 28.5 Å². The molecule has 0 saturated carbocycles. The fourth-order valence-electron chi connectivity index (χ4n) is 1.47. The Morgan fingerprint density at radius 2 is 2.21 bits per heavy atom. The molecule has 0 radical (unpaired) electrons. The number of carbonyl (C=O) groups is 1. The number of carbonyl (C=O) groups excluding carboxylic acids is 1. The van der Waals surface area contributed by atoms with Gasteiger partial charge >= 0.3 is 0 Å². The van der Waals surface area contributed by atoms with E-state index in [2.05, 4.69) is 4.98 Å². The molecule has 0 aliphatic carbocycles. The van der Waals surface area contributed by atoms with Crippen molar-refractivity contribution in [2.45, 2.75) is 16.8 Å². The molecule has 9 heteroatoms. The van der Waals surface area contributed by atoms with Crippen LogP contribution in [-0.2, 0) is 14.8 Å². The second-order valence-electron chi connectivity index (χ2n) is 3.59. The van der Waals surface area contributed by atoms with E-state index >= 15 is 0 Å². The molecule has 0 aliphatic heterocycles. The molecule has 102 valence electrons. The number of fused-ring (bicyclic) bond motifs is 1. The summed E-state index contributed by atoms with van der Waals surface area (Å²) >= 11 is 8.63. The van der Waals surface area contributed by atoms with Crippen molar-refractivity contribution in [2.75, 3.05) is 6.26 Å². The van der Waals surface area contributed by atoms with Crippen LogP contribution in [0.3, 0.4) is 0 Å². The number of rotatable bonds is 3. The number of hydrogen-bond acceptors (Lipinski definition) is 6. The van der Waals surface area contributed by atoms with Crippen LogP contribution in [0.4, 0.5) is 0 Å². The maximum atomic E-state index is 12.0. The van der Waals surface area contributed by atoms with Crippen LogP contribution in [0.15, 0.2) is 21.4 Å². The number of thiophene rings is 1. The lowest BCUT2D eigenvalue weighted by atomic mass is 10.4. The Morgan fingerprint density at radius 3 is 2.79 bits per heavy atom. The molecule has 0 atom stereocenters. The predicted molar refractivity (Wildman–Crippen MR) is 77.4 cm³/mol. The summed E-state index contributed by atoms with van der Waals surface area (Å²) in [7, 11) is -3.90. The highest BCUT2D eigenvalue weighted by Gasteiger charge is 2.22.